The number of hydrogen-bond acceptors (Lipinski definition) is 3. The Bertz CT molecular complexity index is 793. The number of rotatable bonds is 3. The number of hydrogen-bond donors (Lipinski definition) is 1. The van der Waals surface area contributed by atoms with Gasteiger partial charge in [-0.15, -0.1) is 11.8 Å². The number of benzene rings is 2. The minimum atomic E-state index is -1.09. The summed E-state index contributed by atoms with van der Waals surface area (Å²) in [5, 5.41) is 9.00. The Morgan fingerprint density at radius 2 is 2.04 bits per heavy atom. The number of aryl methyl sites for hydroxylation is 1. The van der Waals surface area contributed by atoms with Crippen LogP contribution in [0.2, 0.25) is 0 Å². The van der Waals surface area contributed by atoms with E-state index in [0.717, 1.165) is 0 Å². The zero-order chi connectivity index (χ0) is 16.6. The van der Waals surface area contributed by atoms with Crippen molar-refractivity contribution >= 4 is 29.3 Å². The maximum atomic E-state index is 13.5. The van der Waals surface area contributed by atoms with Crippen LogP contribution in [0.1, 0.15) is 26.9 Å². The highest BCUT2D eigenvalue weighted by atomic mass is 32.2. The van der Waals surface area contributed by atoms with Crippen molar-refractivity contribution < 1.29 is 19.1 Å². The highest BCUT2D eigenvalue weighted by molar-refractivity contribution is 8.00. The number of thioether (sulfide) groups is 1. The van der Waals surface area contributed by atoms with Gasteiger partial charge in [0, 0.05) is 0 Å². The monoisotopic (exact) mass is 331 g/mol. The summed E-state index contributed by atoms with van der Waals surface area (Å²) in [5.74, 6) is -1.42. The molecule has 2 aromatic rings. The van der Waals surface area contributed by atoms with Crippen LogP contribution in [0.25, 0.3) is 0 Å². The molecule has 3 rings (SSSR count). The summed E-state index contributed by atoms with van der Waals surface area (Å²) >= 11 is 1.36. The van der Waals surface area contributed by atoms with Gasteiger partial charge in [-0.25, -0.2) is 9.18 Å². The van der Waals surface area contributed by atoms with Crippen LogP contribution < -0.4 is 4.90 Å². The van der Waals surface area contributed by atoms with Gasteiger partial charge in [0.05, 0.1) is 17.0 Å². The molecule has 1 saturated heterocycles. The van der Waals surface area contributed by atoms with Crippen molar-refractivity contribution in [2.75, 3.05) is 10.7 Å². The van der Waals surface area contributed by atoms with Crippen molar-refractivity contribution in [1.29, 1.82) is 0 Å². The predicted molar refractivity (Wildman–Crippen MR) is 87.2 cm³/mol. The Morgan fingerprint density at radius 1 is 1.30 bits per heavy atom. The number of carbonyl (C=O) groups excluding carboxylic acids is 1. The summed E-state index contributed by atoms with van der Waals surface area (Å²) in [5.41, 5.74) is 1.79. The summed E-state index contributed by atoms with van der Waals surface area (Å²) in [6.07, 6.45) is 0. The van der Waals surface area contributed by atoms with E-state index < -0.39 is 11.3 Å². The van der Waals surface area contributed by atoms with Gasteiger partial charge < -0.3 is 5.11 Å². The number of carbonyl (C=O) groups is 2. The highest BCUT2D eigenvalue weighted by Crippen LogP contribution is 2.44. The van der Waals surface area contributed by atoms with E-state index in [-0.39, 0.29) is 23.0 Å². The highest BCUT2D eigenvalue weighted by Gasteiger charge is 2.37. The molecule has 1 fully saturated rings. The molecule has 6 heteroatoms. The predicted octanol–water partition coefficient (Wildman–Crippen LogP) is 3.61. The van der Waals surface area contributed by atoms with Gasteiger partial charge in [0.15, 0.2) is 0 Å². The summed E-state index contributed by atoms with van der Waals surface area (Å²) in [4.78, 5) is 25.4. The van der Waals surface area contributed by atoms with Gasteiger partial charge in [0.25, 0.3) is 0 Å². The van der Waals surface area contributed by atoms with E-state index in [1.165, 1.54) is 34.9 Å². The topological polar surface area (TPSA) is 57.6 Å². The molecule has 118 valence electrons. The van der Waals surface area contributed by atoms with Crippen LogP contribution >= 0.6 is 11.8 Å². The third-order valence-corrected chi connectivity index (χ3v) is 4.92. The lowest BCUT2D eigenvalue weighted by Crippen LogP contribution is -2.30. The maximum absolute atomic E-state index is 13.5. The smallest absolute Gasteiger partial charge is 0.337 e. The first-order chi connectivity index (χ1) is 11.0. The molecule has 1 aliphatic rings. The van der Waals surface area contributed by atoms with Crippen molar-refractivity contribution in [2.24, 2.45) is 0 Å². The van der Waals surface area contributed by atoms with Crippen molar-refractivity contribution in [3.05, 3.63) is 65.0 Å². The van der Waals surface area contributed by atoms with E-state index in [1.54, 1.807) is 31.2 Å². The molecule has 4 nitrogen and oxygen atoms in total. The molecule has 0 radical (unpaired) electrons. The quantitative estimate of drug-likeness (QED) is 0.933. The molecule has 0 spiro atoms. The van der Waals surface area contributed by atoms with Gasteiger partial charge in [-0.3, -0.25) is 9.69 Å². The van der Waals surface area contributed by atoms with E-state index in [0.29, 0.717) is 16.8 Å². The van der Waals surface area contributed by atoms with Crippen LogP contribution in [0.3, 0.4) is 0 Å². The van der Waals surface area contributed by atoms with E-state index in [9.17, 15) is 19.1 Å². The van der Waals surface area contributed by atoms with Crippen molar-refractivity contribution in [3.8, 4) is 0 Å². The summed E-state index contributed by atoms with van der Waals surface area (Å²) in [6.45, 7) is 1.76. The number of carboxylic acids is 1. The first-order valence-corrected chi connectivity index (χ1v) is 8.06. The molecule has 23 heavy (non-hydrogen) atoms. The van der Waals surface area contributed by atoms with E-state index in [2.05, 4.69) is 0 Å². The van der Waals surface area contributed by atoms with Crippen LogP contribution in [0.15, 0.2) is 42.5 Å². The van der Waals surface area contributed by atoms with Crippen LogP contribution in [0.4, 0.5) is 10.1 Å². The normalized spacial score (nSPS) is 17.6. The Balaban J connectivity index is 2.13. The van der Waals surface area contributed by atoms with Gasteiger partial charge in [-0.2, -0.15) is 0 Å². The Morgan fingerprint density at radius 3 is 2.74 bits per heavy atom. The lowest BCUT2D eigenvalue weighted by atomic mass is 10.1. The molecule has 1 unspecified atom stereocenters. The minimum Gasteiger partial charge on any atom is -0.478 e. The van der Waals surface area contributed by atoms with Gasteiger partial charge in [0.2, 0.25) is 5.91 Å². The molecule has 1 atom stereocenters. The van der Waals surface area contributed by atoms with Gasteiger partial charge in [0.1, 0.15) is 11.2 Å². The van der Waals surface area contributed by atoms with E-state index >= 15 is 0 Å². The minimum absolute atomic E-state index is 0.0715. The summed E-state index contributed by atoms with van der Waals surface area (Å²) < 4.78 is 13.5. The molecule has 1 aliphatic heterocycles. The van der Waals surface area contributed by atoms with Crippen molar-refractivity contribution in [3.63, 3.8) is 0 Å². The largest absolute Gasteiger partial charge is 0.478 e. The first kappa shape index (κ1) is 15.6. The maximum Gasteiger partial charge on any atom is 0.337 e. The summed E-state index contributed by atoms with van der Waals surface area (Å²) in [7, 11) is 0. The van der Waals surface area contributed by atoms with Crippen LogP contribution in [0.5, 0.6) is 0 Å². The number of nitrogens with zero attached hydrogens (tertiary/aromatic N) is 1. The number of aromatic carboxylic acids is 1. The van der Waals surface area contributed by atoms with Crippen LogP contribution in [-0.4, -0.2) is 22.7 Å². The van der Waals surface area contributed by atoms with E-state index in [1.807, 2.05) is 0 Å². The average Bonchev–Trinajstić information content (AvgIpc) is 2.88. The third-order valence-electron chi connectivity index (χ3n) is 3.71. The third kappa shape index (κ3) is 2.82. The van der Waals surface area contributed by atoms with Crippen molar-refractivity contribution in [1.82, 2.24) is 0 Å². The molecule has 1 amide bonds. The molecular weight excluding hydrogens is 317 g/mol. The molecule has 2 aromatic carbocycles. The molecule has 0 bridgehead atoms. The molecule has 0 saturated carbocycles. The lowest BCUT2D eigenvalue weighted by Gasteiger charge is -2.27. The molecule has 1 heterocycles. The van der Waals surface area contributed by atoms with E-state index in [4.69, 9.17) is 0 Å². The van der Waals surface area contributed by atoms with Gasteiger partial charge in [-0.1, -0.05) is 24.3 Å². The van der Waals surface area contributed by atoms with Crippen LogP contribution in [0, 0.1) is 12.7 Å². The Hall–Kier alpha value is -2.34. The number of para-hydroxylation sites is 1. The fraction of sp³-hybridized carbons (Fsp3) is 0.176. The van der Waals surface area contributed by atoms with Gasteiger partial charge >= 0.3 is 5.97 Å². The number of anilines is 1. The molecule has 1 N–H and O–H groups in total. The zero-order valence-electron chi connectivity index (χ0n) is 12.3. The van der Waals surface area contributed by atoms with Gasteiger partial charge in [-0.05, 0) is 36.2 Å². The molecular formula is C17H14FNO3S. The molecule has 0 aromatic heterocycles. The second-order valence-corrected chi connectivity index (χ2v) is 6.33. The second-order valence-electron chi connectivity index (χ2n) is 5.26. The van der Waals surface area contributed by atoms with Crippen LogP contribution in [-0.2, 0) is 4.79 Å². The number of carboxylic acid groups (broad SMARTS) is 1. The number of halogens is 1. The standard InChI is InChI=1S/C17H14FNO3S/c1-10-4-2-7-13(17(21)22)15(10)19-14(20)9-23-16(19)11-5-3-6-12(18)8-11/h2-8,16H,9H2,1H3,(H,21,22). The lowest BCUT2D eigenvalue weighted by molar-refractivity contribution is -0.115. The Kier molecular flexibility index (Phi) is 4.09. The average molecular weight is 331 g/mol. The summed E-state index contributed by atoms with van der Waals surface area (Å²) in [6, 6.07) is 10.9. The number of amides is 1. The molecule has 0 aliphatic carbocycles. The SMILES string of the molecule is Cc1cccc(C(=O)O)c1N1C(=O)CSC1c1cccc(F)c1. The zero-order valence-corrected chi connectivity index (χ0v) is 13.1. The van der Waals surface area contributed by atoms with Crippen molar-refractivity contribution in [2.45, 2.75) is 12.3 Å². The Labute approximate surface area is 136 Å². The first-order valence-electron chi connectivity index (χ1n) is 7.01. The fourth-order valence-corrected chi connectivity index (χ4v) is 3.87. The second kappa shape index (κ2) is 6.04. The fourth-order valence-electron chi connectivity index (χ4n) is 2.72.